The highest BCUT2D eigenvalue weighted by molar-refractivity contribution is 8.02. The number of ether oxygens (including phenoxy) is 1. The number of benzene rings is 3. The maximum atomic E-state index is 6.44. The first kappa shape index (κ1) is 24.5. The molecule has 0 bridgehead atoms. The van der Waals surface area contributed by atoms with Crippen LogP contribution in [0.15, 0.2) is 82.1 Å². The molecule has 0 atom stereocenters. The van der Waals surface area contributed by atoms with Crippen molar-refractivity contribution in [3.63, 3.8) is 0 Å². The zero-order valence-electron chi connectivity index (χ0n) is 19.3. The predicted molar refractivity (Wildman–Crippen MR) is 143 cm³/mol. The van der Waals surface area contributed by atoms with Gasteiger partial charge in [-0.25, -0.2) is 0 Å². The fourth-order valence-electron chi connectivity index (χ4n) is 3.73. The summed E-state index contributed by atoms with van der Waals surface area (Å²) in [5, 5.41) is 7.19. The van der Waals surface area contributed by atoms with Crippen molar-refractivity contribution in [3.8, 4) is 28.1 Å². The number of halogens is 2. The molecule has 0 aliphatic heterocycles. The summed E-state index contributed by atoms with van der Waals surface area (Å²) in [6.45, 7) is 10.3. The third-order valence-corrected chi connectivity index (χ3v) is 7.00. The third-order valence-electron chi connectivity index (χ3n) is 5.51. The molecule has 0 amide bonds. The maximum Gasteiger partial charge on any atom is 0.146 e. The number of hydrogen-bond acceptors (Lipinski definition) is 4. The molecule has 0 aliphatic rings. The topological polar surface area (TPSA) is 35.3 Å². The molecule has 6 heteroatoms. The normalized spacial score (nSPS) is 11.1. The molecule has 0 fully saturated rings. The van der Waals surface area contributed by atoms with Gasteiger partial charge < -0.3 is 9.26 Å². The van der Waals surface area contributed by atoms with Gasteiger partial charge in [0.15, 0.2) is 0 Å². The molecule has 0 aliphatic carbocycles. The largest absolute Gasteiger partial charge is 0.489 e. The van der Waals surface area contributed by atoms with Crippen LogP contribution in [0.1, 0.15) is 36.7 Å². The highest BCUT2D eigenvalue weighted by Crippen LogP contribution is 2.39. The molecule has 1 heterocycles. The lowest BCUT2D eigenvalue weighted by Crippen LogP contribution is -2.01. The van der Waals surface area contributed by atoms with Crippen LogP contribution in [0.25, 0.3) is 22.4 Å². The van der Waals surface area contributed by atoms with Crippen molar-refractivity contribution in [3.05, 3.63) is 99.6 Å². The first-order valence-electron chi connectivity index (χ1n) is 10.9. The first-order chi connectivity index (χ1) is 16.4. The molecule has 3 nitrogen and oxygen atoms in total. The van der Waals surface area contributed by atoms with Crippen LogP contribution in [-0.4, -0.2) is 5.16 Å². The Morgan fingerprint density at radius 2 is 1.71 bits per heavy atom. The molecule has 0 saturated heterocycles. The van der Waals surface area contributed by atoms with Gasteiger partial charge in [0, 0.05) is 16.4 Å². The molecule has 0 radical (unpaired) electrons. The minimum absolute atomic E-state index is 0.132. The van der Waals surface area contributed by atoms with Gasteiger partial charge in [-0.05, 0) is 59.4 Å². The zero-order valence-corrected chi connectivity index (χ0v) is 21.6. The van der Waals surface area contributed by atoms with E-state index in [1.807, 2.05) is 23.6 Å². The van der Waals surface area contributed by atoms with Crippen molar-refractivity contribution >= 4 is 35.0 Å². The minimum atomic E-state index is 0.132. The molecule has 174 valence electrons. The second-order valence-electron chi connectivity index (χ2n) is 8.20. The number of nitrogens with zero attached hydrogens (tertiary/aromatic N) is 1. The Bertz CT molecular complexity index is 1290. The maximum absolute atomic E-state index is 6.44. The summed E-state index contributed by atoms with van der Waals surface area (Å²) in [5.74, 6) is 1.64. The number of thioether (sulfide) groups is 1. The third kappa shape index (κ3) is 5.20. The second-order valence-corrected chi connectivity index (χ2v) is 10.0. The van der Waals surface area contributed by atoms with Gasteiger partial charge in [0.05, 0.1) is 15.6 Å². The zero-order chi connectivity index (χ0) is 24.2. The molecule has 4 rings (SSSR count). The van der Waals surface area contributed by atoms with Crippen LogP contribution in [0.4, 0.5) is 0 Å². The molecule has 0 unspecified atom stereocenters. The minimum Gasteiger partial charge on any atom is -0.489 e. The Balaban J connectivity index is 1.58. The SMILES string of the molecule is C=CSc1cc(-c2ccc(OCc3c(-c4c(Cl)cccc4Cl)noc3C(C)C)cc2)ccc1C. The van der Waals surface area contributed by atoms with Gasteiger partial charge in [-0.1, -0.05) is 90.9 Å². The van der Waals surface area contributed by atoms with E-state index in [1.165, 1.54) is 10.5 Å². The van der Waals surface area contributed by atoms with E-state index in [-0.39, 0.29) is 12.5 Å². The van der Waals surface area contributed by atoms with Crippen LogP contribution >= 0.6 is 35.0 Å². The fourth-order valence-corrected chi connectivity index (χ4v) is 4.94. The Morgan fingerprint density at radius 3 is 2.35 bits per heavy atom. The lowest BCUT2D eigenvalue weighted by atomic mass is 10.0. The van der Waals surface area contributed by atoms with E-state index in [1.54, 1.807) is 23.9 Å². The summed E-state index contributed by atoms with van der Waals surface area (Å²) in [5.41, 5.74) is 5.62. The Labute approximate surface area is 214 Å². The van der Waals surface area contributed by atoms with E-state index in [4.69, 9.17) is 32.5 Å². The van der Waals surface area contributed by atoms with Crippen LogP contribution < -0.4 is 4.74 Å². The van der Waals surface area contributed by atoms with Crippen molar-refractivity contribution in [2.75, 3.05) is 0 Å². The van der Waals surface area contributed by atoms with Crippen molar-refractivity contribution in [1.82, 2.24) is 5.16 Å². The summed E-state index contributed by atoms with van der Waals surface area (Å²) in [6.07, 6.45) is 0. The van der Waals surface area contributed by atoms with Crippen LogP contribution in [0.2, 0.25) is 10.0 Å². The predicted octanol–water partition coefficient (Wildman–Crippen LogP) is 9.56. The number of aromatic nitrogens is 1. The lowest BCUT2D eigenvalue weighted by Gasteiger charge is -2.12. The molecule has 3 aromatic carbocycles. The molecular weight excluding hydrogens is 485 g/mol. The second kappa shape index (κ2) is 10.7. The van der Waals surface area contributed by atoms with E-state index in [0.29, 0.717) is 21.3 Å². The highest BCUT2D eigenvalue weighted by Gasteiger charge is 2.23. The summed E-state index contributed by atoms with van der Waals surface area (Å²) in [4.78, 5) is 1.20. The van der Waals surface area contributed by atoms with Gasteiger partial charge >= 0.3 is 0 Å². The Hall–Kier alpha value is -2.66. The summed E-state index contributed by atoms with van der Waals surface area (Å²) >= 11 is 14.5. The van der Waals surface area contributed by atoms with Gasteiger partial charge in [0.2, 0.25) is 0 Å². The standard InChI is InChI=1S/C28H25Cl2NO2S/c1-5-34-25-15-20(10-9-18(25)4)19-11-13-21(14-12-19)32-16-22-27(31-33-28(22)17(2)3)26-23(29)7-6-8-24(26)30/h5-15,17H,1,16H2,2-4H3. The van der Waals surface area contributed by atoms with E-state index in [0.717, 1.165) is 28.2 Å². The van der Waals surface area contributed by atoms with Crippen LogP contribution in [0, 0.1) is 6.92 Å². The highest BCUT2D eigenvalue weighted by atomic mass is 35.5. The lowest BCUT2D eigenvalue weighted by molar-refractivity contribution is 0.298. The number of hydrogen-bond donors (Lipinski definition) is 0. The smallest absolute Gasteiger partial charge is 0.146 e. The van der Waals surface area contributed by atoms with E-state index < -0.39 is 0 Å². The van der Waals surface area contributed by atoms with Gasteiger partial charge in [-0.2, -0.15) is 0 Å². The summed E-state index contributed by atoms with van der Waals surface area (Å²) in [6, 6.07) is 19.9. The number of rotatable bonds is 8. The average molecular weight is 510 g/mol. The van der Waals surface area contributed by atoms with Crippen LogP contribution in [0.5, 0.6) is 5.75 Å². The summed E-state index contributed by atoms with van der Waals surface area (Å²) in [7, 11) is 0. The number of aryl methyl sites for hydroxylation is 1. The Morgan fingerprint density at radius 1 is 1.03 bits per heavy atom. The summed E-state index contributed by atoms with van der Waals surface area (Å²) < 4.78 is 11.8. The van der Waals surface area contributed by atoms with E-state index >= 15 is 0 Å². The first-order valence-corrected chi connectivity index (χ1v) is 12.6. The van der Waals surface area contributed by atoms with Crippen molar-refractivity contribution < 1.29 is 9.26 Å². The average Bonchev–Trinajstić information content (AvgIpc) is 3.23. The van der Waals surface area contributed by atoms with Crippen molar-refractivity contribution in [1.29, 1.82) is 0 Å². The molecule has 4 aromatic rings. The van der Waals surface area contributed by atoms with Gasteiger partial charge in [0.25, 0.3) is 0 Å². The van der Waals surface area contributed by atoms with E-state index in [2.05, 4.69) is 62.8 Å². The fraction of sp³-hybridized carbons (Fsp3) is 0.179. The molecule has 1 aromatic heterocycles. The molecule has 34 heavy (non-hydrogen) atoms. The molecular formula is C28H25Cl2NO2S. The van der Waals surface area contributed by atoms with Gasteiger partial charge in [0.1, 0.15) is 23.8 Å². The van der Waals surface area contributed by atoms with Crippen LogP contribution in [0.3, 0.4) is 0 Å². The Kier molecular flexibility index (Phi) is 7.72. The van der Waals surface area contributed by atoms with Gasteiger partial charge in [-0.15, -0.1) is 0 Å². The van der Waals surface area contributed by atoms with Gasteiger partial charge in [-0.3, -0.25) is 0 Å². The molecule has 0 saturated carbocycles. The van der Waals surface area contributed by atoms with Crippen LogP contribution in [-0.2, 0) is 6.61 Å². The van der Waals surface area contributed by atoms with Crippen molar-refractivity contribution in [2.24, 2.45) is 0 Å². The molecule has 0 N–H and O–H groups in total. The van der Waals surface area contributed by atoms with Crippen molar-refractivity contribution in [2.45, 2.75) is 38.2 Å². The van der Waals surface area contributed by atoms with E-state index in [9.17, 15) is 0 Å². The monoisotopic (exact) mass is 509 g/mol. The molecule has 0 spiro atoms. The quantitative estimate of drug-likeness (QED) is 0.221.